The van der Waals surface area contributed by atoms with E-state index in [9.17, 15) is 4.79 Å². The first-order valence-corrected chi connectivity index (χ1v) is 6.45. The molecule has 1 aromatic rings. The number of rotatable bonds is 2. The highest BCUT2D eigenvalue weighted by Crippen LogP contribution is 2.39. The van der Waals surface area contributed by atoms with Crippen molar-refractivity contribution < 1.29 is 4.79 Å². The number of carbonyl (C=O) groups excluding carboxylic acids is 1. The van der Waals surface area contributed by atoms with E-state index in [1.165, 1.54) is 11.3 Å². The van der Waals surface area contributed by atoms with Crippen molar-refractivity contribution in [1.29, 1.82) is 5.26 Å². The molecular weight excluding hydrogens is 250 g/mol. The van der Waals surface area contributed by atoms with Gasteiger partial charge in [0.15, 0.2) is 0 Å². The third kappa shape index (κ3) is 2.00. The smallest absolute Gasteiger partial charge is 0.256 e. The van der Waals surface area contributed by atoms with E-state index in [1.807, 2.05) is 11.0 Å². The average Bonchev–Trinajstić information content (AvgIpc) is 2.92. The summed E-state index contributed by atoms with van der Waals surface area (Å²) in [5, 5.41) is 12.3. The standard InChI is InChI=1S/C11H15N5OS/c1-15-10(17)8-9(14)7(4-12)18-11(8)16-3-2-6(13)5-16/h6H,2-3,5,13-14H2,1H3,(H,15,17). The van der Waals surface area contributed by atoms with Gasteiger partial charge >= 0.3 is 0 Å². The maximum atomic E-state index is 11.9. The number of hydrogen-bond acceptors (Lipinski definition) is 6. The zero-order chi connectivity index (χ0) is 13.3. The van der Waals surface area contributed by atoms with E-state index in [1.54, 1.807) is 7.05 Å². The molecule has 18 heavy (non-hydrogen) atoms. The number of nitrogens with zero attached hydrogens (tertiary/aromatic N) is 2. The Kier molecular flexibility index (Phi) is 3.41. The summed E-state index contributed by atoms with van der Waals surface area (Å²) in [5.41, 5.74) is 12.4. The van der Waals surface area contributed by atoms with Gasteiger partial charge in [-0.05, 0) is 6.42 Å². The number of anilines is 2. The maximum absolute atomic E-state index is 11.9. The second-order valence-corrected chi connectivity index (χ2v) is 5.21. The summed E-state index contributed by atoms with van der Waals surface area (Å²) >= 11 is 1.25. The summed E-state index contributed by atoms with van der Waals surface area (Å²) in [5.74, 6) is -0.263. The van der Waals surface area contributed by atoms with Crippen LogP contribution in [0.5, 0.6) is 0 Å². The van der Waals surface area contributed by atoms with Crippen molar-refractivity contribution in [3.8, 4) is 6.07 Å². The van der Waals surface area contributed by atoms with E-state index in [2.05, 4.69) is 5.32 Å². The van der Waals surface area contributed by atoms with E-state index in [-0.39, 0.29) is 17.6 Å². The molecule has 0 saturated carbocycles. The number of nitrogens with two attached hydrogens (primary N) is 2. The average molecular weight is 265 g/mol. The molecule has 0 aromatic carbocycles. The number of amides is 1. The molecule has 6 nitrogen and oxygen atoms in total. The summed E-state index contributed by atoms with van der Waals surface area (Å²) < 4.78 is 0. The predicted molar refractivity (Wildman–Crippen MR) is 71.6 cm³/mol. The Morgan fingerprint density at radius 3 is 2.89 bits per heavy atom. The van der Waals surface area contributed by atoms with Crippen molar-refractivity contribution in [3.63, 3.8) is 0 Å². The summed E-state index contributed by atoms with van der Waals surface area (Å²) in [7, 11) is 1.55. The highest BCUT2D eigenvalue weighted by molar-refractivity contribution is 7.17. The third-order valence-electron chi connectivity index (χ3n) is 2.99. The number of nitrogen functional groups attached to an aromatic ring is 1. The van der Waals surface area contributed by atoms with Crippen LogP contribution in [0.2, 0.25) is 0 Å². The van der Waals surface area contributed by atoms with Crippen LogP contribution >= 0.6 is 11.3 Å². The van der Waals surface area contributed by atoms with Gasteiger partial charge < -0.3 is 21.7 Å². The van der Waals surface area contributed by atoms with E-state index in [4.69, 9.17) is 16.7 Å². The molecule has 0 spiro atoms. The zero-order valence-electron chi connectivity index (χ0n) is 10.1. The summed E-state index contributed by atoms with van der Waals surface area (Å²) in [4.78, 5) is 14.3. The fraction of sp³-hybridized carbons (Fsp3) is 0.455. The Hall–Kier alpha value is -1.78. The molecular formula is C11H15N5OS. The van der Waals surface area contributed by atoms with Crippen LogP contribution in [0.1, 0.15) is 21.7 Å². The largest absolute Gasteiger partial charge is 0.396 e. The highest BCUT2D eigenvalue weighted by Gasteiger charge is 2.28. The fourth-order valence-electron chi connectivity index (χ4n) is 2.05. The third-order valence-corrected chi connectivity index (χ3v) is 4.17. The molecule has 5 N–H and O–H groups in total. The minimum absolute atomic E-state index is 0.108. The summed E-state index contributed by atoms with van der Waals surface area (Å²) in [6, 6.07) is 2.13. The van der Waals surface area contributed by atoms with E-state index < -0.39 is 0 Å². The molecule has 2 rings (SSSR count). The van der Waals surface area contributed by atoms with Gasteiger partial charge in [-0.2, -0.15) is 5.26 Å². The first-order valence-electron chi connectivity index (χ1n) is 5.63. The molecule has 7 heteroatoms. The molecule has 0 radical (unpaired) electrons. The van der Waals surface area contributed by atoms with Crippen LogP contribution in [0.4, 0.5) is 10.7 Å². The van der Waals surface area contributed by atoms with Gasteiger partial charge in [-0.1, -0.05) is 0 Å². The monoisotopic (exact) mass is 265 g/mol. The van der Waals surface area contributed by atoms with Gasteiger partial charge in [0.2, 0.25) is 0 Å². The van der Waals surface area contributed by atoms with Gasteiger partial charge in [0.1, 0.15) is 15.9 Å². The number of hydrogen-bond donors (Lipinski definition) is 3. The Morgan fingerprint density at radius 2 is 2.39 bits per heavy atom. The first-order chi connectivity index (χ1) is 8.58. The van der Waals surface area contributed by atoms with Crippen LogP contribution < -0.4 is 21.7 Å². The van der Waals surface area contributed by atoms with Crippen molar-refractivity contribution in [2.75, 3.05) is 30.8 Å². The van der Waals surface area contributed by atoms with Gasteiger partial charge in [-0.3, -0.25) is 4.79 Å². The van der Waals surface area contributed by atoms with Crippen LogP contribution in [-0.4, -0.2) is 32.1 Å². The Bertz CT molecular complexity index is 518. The zero-order valence-corrected chi connectivity index (χ0v) is 10.9. The van der Waals surface area contributed by atoms with Crippen LogP contribution in [0.25, 0.3) is 0 Å². The van der Waals surface area contributed by atoms with E-state index >= 15 is 0 Å². The lowest BCUT2D eigenvalue weighted by Crippen LogP contribution is -2.28. The minimum atomic E-state index is -0.263. The van der Waals surface area contributed by atoms with Crippen molar-refractivity contribution in [2.24, 2.45) is 5.73 Å². The number of nitrogens with one attached hydrogen (secondary N) is 1. The second-order valence-electron chi connectivity index (χ2n) is 4.21. The van der Waals surface area contributed by atoms with Gasteiger partial charge in [0.25, 0.3) is 5.91 Å². The molecule has 1 aliphatic rings. The Labute approximate surface area is 109 Å². The fourth-order valence-corrected chi connectivity index (χ4v) is 3.10. The molecule has 1 atom stereocenters. The normalized spacial score (nSPS) is 18.7. The van der Waals surface area contributed by atoms with Crippen LogP contribution in [0.3, 0.4) is 0 Å². The highest BCUT2D eigenvalue weighted by atomic mass is 32.1. The lowest BCUT2D eigenvalue weighted by molar-refractivity contribution is 0.0965. The second kappa shape index (κ2) is 4.84. The topological polar surface area (TPSA) is 108 Å². The van der Waals surface area contributed by atoms with Gasteiger partial charge in [0, 0.05) is 26.2 Å². The number of carbonyl (C=O) groups is 1. The molecule has 96 valence electrons. The number of thiophene rings is 1. The molecule has 1 fully saturated rings. The van der Waals surface area contributed by atoms with Crippen LogP contribution in [-0.2, 0) is 0 Å². The molecule has 1 aliphatic heterocycles. The van der Waals surface area contributed by atoms with Crippen LogP contribution in [0, 0.1) is 11.3 Å². The van der Waals surface area contributed by atoms with Gasteiger partial charge in [-0.25, -0.2) is 0 Å². The van der Waals surface area contributed by atoms with Crippen molar-refractivity contribution in [1.82, 2.24) is 5.32 Å². The molecule has 1 aromatic heterocycles. The predicted octanol–water partition coefficient (Wildman–Crippen LogP) is 0.0990. The van der Waals surface area contributed by atoms with E-state index in [0.717, 1.165) is 18.0 Å². The molecule has 0 aliphatic carbocycles. The van der Waals surface area contributed by atoms with Gasteiger partial charge in [0.05, 0.1) is 11.3 Å². The molecule has 1 saturated heterocycles. The SMILES string of the molecule is CNC(=O)c1c(N2CCC(N)C2)sc(C#N)c1N. The maximum Gasteiger partial charge on any atom is 0.256 e. The molecule has 1 unspecified atom stereocenters. The first kappa shape index (κ1) is 12.7. The molecule has 1 amide bonds. The lowest BCUT2D eigenvalue weighted by Gasteiger charge is -2.17. The van der Waals surface area contributed by atoms with Crippen LogP contribution in [0.15, 0.2) is 0 Å². The summed E-state index contributed by atoms with van der Waals surface area (Å²) in [6.07, 6.45) is 0.882. The van der Waals surface area contributed by atoms with Crippen molar-refractivity contribution in [3.05, 3.63) is 10.4 Å². The number of nitriles is 1. The Balaban J connectivity index is 2.46. The van der Waals surface area contributed by atoms with Gasteiger partial charge in [-0.15, -0.1) is 11.3 Å². The van der Waals surface area contributed by atoms with E-state index in [0.29, 0.717) is 17.0 Å². The minimum Gasteiger partial charge on any atom is -0.396 e. The quantitative estimate of drug-likeness (QED) is 0.702. The van der Waals surface area contributed by atoms with Crippen molar-refractivity contribution >= 4 is 27.9 Å². The summed E-state index contributed by atoms with van der Waals surface area (Å²) in [6.45, 7) is 1.48. The Morgan fingerprint density at radius 1 is 1.67 bits per heavy atom. The molecule has 2 heterocycles. The van der Waals surface area contributed by atoms with Crippen molar-refractivity contribution in [2.45, 2.75) is 12.5 Å². The lowest BCUT2D eigenvalue weighted by atomic mass is 10.2. The molecule has 0 bridgehead atoms.